The summed E-state index contributed by atoms with van der Waals surface area (Å²) in [4.78, 5) is 4.06. The average molecular weight is 294 g/mol. The number of fused-ring (bicyclic) bond motifs is 1. The van der Waals surface area contributed by atoms with Gasteiger partial charge in [-0.25, -0.2) is 4.52 Å². The van der Waals surface area contributed by atoms with Gasteiger partial charge in [0.1, 0.15) is 11.3 Å². The van der Waals surface area contributed by atoms with E-state index in [1.54, 1.807) is 12.3 Å². The summed E-state index contributed by atoms with van der Waals surface area (Å²) in [5.74, 6) is -0.314. The molecule has 8 heteroatoms. The lowest BCUT2D eigenvalue weighted by Gasteiger charge is -2.13. The maximum Gasteiger partial charge on any atom is 0.420 e. The molecule has 0 amide bonds. The highest BCUT2D eigenvalue weighted by molar-refractivity contribution is 5.50. The second-order valence-electron chi connectivity index (χ2n) is 4.26. The van der Waals surface area contributed by atoms with Gasteiger partial charge < -0.3 is 10.5 Å². The van der Waals surface area contributed by atoms with Crippen LogP contribution in [-0.4, -0.2) is 14.6 Å². The molecule has 0 unspecified atom stereocenters. The smallest absolute Gasteiger partial charge is 0.420 e. The number of nitrogens with zero attached hydrogens (tertiary/aromatic N) is 3. The van der Waals surface area contributed by atoms with Crippen molar-refractivity contribution in [3.8, 4) is 11.6 Å². The Morgan fingerprint density at radius 1 is 1.14 bits per heavy atom. The van der Waals surface area contributed by atoms with E-state index in [-0.39, 0.29) is 17.3 Å². The van der Waals surface area contributed by atoms with E-state index in [4.69, 9.17) is 10.5 Å². The van der Waals surface area contributed by atoms with Crippen molar-refractivity contribution < 1.29 is 17.9 Å². The first-order chi connectivity index (χ1) is 9.93. The molecule has 0 atom stereocenters. The third-order valence-corrected chi connectivity index (χ3v) is 2.76. The molecule has 0 bridgehead atoms. The average Bonchev–Trinajstić information content (AvgIpc) is 2.87. The number of halogens is 3. The monoisotopic (exact) mass is 294 g/mol. The number of hydrogen-bond acceptors (Lipinski definition) is 4. The van der Waals surface area contributed by atoms with Crippen LogP contribution in [0.5, 0.6) is 11.6 Å². The summed E-state index contributed by atoms with van der Waals surface area (Å²) in [6.45, 7) is 0. The van der Waals surface area contributed by atoms with Crippen molar-refractivity contribution in [2.75, 3.05) is 5.73 Å². The highest BCUT2D eigenvalue weighted by Crippen LogP contribution is 2.38. The number of benzene rings is 1. The van der Waals surface area contributed by atoms with E-state index in [2.05, 4.69) is 10.1 Å². The number of hydrogen-bond donors (Lipinski definition) is 1. The van der Waals surface area contributed by atoms with Crippen LogP contribution in [0.3, 0.4) is 0 Å². The number of rotatable bonds is 2. The fourth-order valence-corrected chi connectivity index (χ4v) is 1.82. The minimum absolute atomic E-state index is 0.00822. The normalized spacial score (nSPS) is 11.8. The van der Waals surface area contributed by atoms with E-state index >= 15 is 0 Å². The molecule has 3 rings (SSSR count). The van der Waals surface area contributed by atoms with Crippen LogP contribution in [0.1, 0.15) is 5.56 Å². The van der Waals surface area contributed by atoms with Crippen molar-refractivity contribution in [1.29, 1.82) is 0 Å². The number of aromatic nitrogens is 3. The van der Waals surface area contributed by atoms with Crippen molar-refractivity contribution in [1.82, 2.24) is 14.6 Å². The SMILES string of the molecule is Nc1ccc(Oc2ccn3nccc3n2)c(C(F)(F)F)c1. The summed E-state index contributed by atoms with van der Waals surface area (Å²) < 4.78 is 45.6. The standard InChI is InChI=1S/C13H9F3N4O/c14-13(15,16)9-7-8(17)1-2-10(9)21-12-4-6-20-11(19-12)3-5-18-20/h1-7H,17H2. The Labute approximate surface area is 116 Å². The summed E-state index contributed by atoms with van der Waals surface area (Å²) in [6, 6.07) is 6.37. The van der Waals surface area contributed by atoms with Crippen LogP contribution >= 0.6 is 0 Å². The van der Waals surface area contributed by atoms with Crippen molar-refractivity contribution in [3.63, 3.8) is 0 Å². The van der Waals surface area contributed by atoms with Crippen LogP contribution in [0.15, 0.2) is 42.7 Å². The topological polar surface area (TPSA) is 65.4 Å². The molecule has 1 aromatic carbocycles. The first-order valence-corrected chi connectivity index (χ1v) is 5.88. The summed E-state index contributed by atoms with van der Waals surface area (Å²) in [5.41, 5.74) is 4.93. The van der Waals surface area contributed by atoms with Crippen LogP contribution in [0.2, 0.25) is 0 Å². The van der Waals surface area contributed by atoms with Gasteiger partial charge in [0.15, 0.2) is 5.65 Å². The van der Waals surface area contributed by atoms with Gasteiger partial charge in [0.25, 0.3) is 0 Å². The molecule has 0 saturated heterocycles. The van der Waals surface area contributed by atoms with Gasteiger partial charge in [-0.2, -0.15) is 23.3 Å². The number of nitrogens with two attached hydrogens (primary N) is 1. The minimum Gasteiger partial charge on any atom is -0.438 e. The van der Waals surface area contributed by atoms with E-state index in [0.717, 1.165) is 6.07 Å². The molecule has 0 fully saturated rings. The zero-order valence-electron chi connectivity index (χ0n) is 10.5. The molecule has 0 radical (unpaired) electrons. The van der Waals surface area contributed by atoms with Crippen molar-refractivity contribution in [3.05, 3.63) is 48.3 Å². The van der Waals surface area contributed by atoms with Gasteiger partial charge in [0.2, 0.25) is 5.88 Å². The largest absolute Gasteiger partial charge is 0.438 e. The molecule has 2 N–H and O–H groups in total. The Kier molecular flexibility index (Phi) is 2.93. The lowest BCUT2D eigenvalue weighted by molar-refractivity contribution is -0.138. The Morgan fingerprint density at radius 2 is 1.95 bits per heavy atom. The molecule has 0 spiro atoms. The second kappa shape index (κ2) is 4.65. The first-order valence-electron chi connectivity index (χ1n) is 5.88. The van der Waals surface area contributed by atoms with Crippen LogP contribution in [0.25, 0.3) is 5.65 Å². The van der Waals surface area contributed by atoms with Crippen LogP contribution in [-0.2, 0) is 6.18 Å². The zero-order chi connectivity index (χ0) is 15.0. The fourth-order valence-electron chi connectivity index (χ4n) is 1.82. The summed E-state index contributed by atoms with van der Waals surface area (Å²) >= 11 is 0. The van der Waals surface area contributed by atoms with Crippen LogP contribution in [0.4, 0.5) is 18.9 Å². The first kappa shape index (κ1) is 13.2. The molecule has 0 saturated carbocycles. The molecule has 108 valence electrons. The molecule has 0 aliphatic carbocycles. The molecule has 3 aromatic rings. The van der Waals surface area contributed by atoms with E-state index in [9.17, 15) is 13.2 Å². The number of alkyl halides is 3. The molecule has 21 heavy (non-hydrogen) atoms. The highest BCUT2D eigenvalue weighted by Gasteiger charge is 2.34. The molecular weight excluding hydrogens is 285 g/mol. The van der Waals surface area contributed by atoms with E-state index in [0.29, 0.717) is 5.65 Å². The Balaban J connectivity index is 2.00. The molecular formula is C13H9F3N4O. The van der Waals surface area contributed by atoms with Gasteiger partial charge >= 0.3 is 6.18 Å². The molecule has 2 heterocycles. The molecule has 2 aromatic heterocycles. The van der Waals surface area contributed by atoms with Gasteiger partial charge in [-0.15, -0.1) is 0 Å². The van der Waals surface area contributed by atoms with E-state index in [1.807, 2.05) is 0 Å². The lowest BCUT2D eigenvalue weighted by Crippen LogP contribution is -2.08. The third-order valence-electron chi connectivity index (χ3n) is 2.76. The zero-order valence-corrected chi connectivity index (χ0v) is 10.5. The summed E-state index contributed by atoms with van der Waals surface area (Å²) in [7, 11) is 0. The second-order valence-corrected chi connectivity index (χ2v) is 4.26. The van der Waals surface area contributed by atoms with Gasteiger partial charge in [-0.1, -0.05) is 0 Å². The quantitative estimate of drug-likeness (QED) is 0.737. The predicted molar refractivity (Wildman–Crippen MR) is 68.9 cm³/mol. The van der Waals surface area contributed by atoms with Crippen molar-refractivity contribution in [2.45, 2.75) is 6.18 Å². The Hall–Kier alpha value is -2.77. The minimum atomic E-state index is -4.56. The lowest BCUT2D eigenvalue weighted by atomic mass is 10.1. The number of nitrogen functional groups attached to an aromatic ring is 1. The maximum atomic E-state index is 13.0. The Morgan fingerprint density at radius 3 is 2.71 bits per heavy atom. The van der Waals surface area contributed by atoms with Gasteiger partial charge in [0.05, 0.1) is 6.20 Å². The van der Waals surface area contributed by atoms with Crippen LogP contribution < -0.4 is 10.5 Å². The highest BCUT2D eigenvalue weighted by atomic mass is 19.4. The van der Waals surface area contributed by atoms with Crippen LogP contribution in [0, 0.1) is 0 Å². The Bertz CT molecular complexity index is 797. The van der Waals surface area contributed by atoms with Crippen molar-refractivity contribution in [2.24, 2.45) is 0 Å². The summed E-state index contributed by atoms with van der Waals surface area (Å²) in [6.07, 6.45) is -1.50. The molecule has 5 nitrogen and oxygen atoms in total. The van der Waals surface area contributed by atoms with Crippen molar-refractivity contribution >= 4 is 11.3 Å². The third kappa shape index (κ3) is 2.60. The fraction of sp³-hybridized carbons (Fsp3) is 0.0769. The molecule has 0 aliphatic rings. The van der Waals surface area contributed by atoms with Gasteiger partial charge in [-0.3, -0.25) is 0 Å². The maximum absolute atomic E-state index is 13.0. The molecule has 0 aliphatic heterocycles. The predicted octanol–water partition coefficient (Wildman–Crippen LogP) is 3.12. The number of anilines is 1. The van der Waals surface area contributed by atoms with E-state index in [1.165, 1.54) is 28.9 Å². The number of ether oxygens (including phenoxy) is 1. The van der Waals surface area contributed by atoms with Gasteiger partial charge in [0, 0.05) is 24.0 Å². The van der Waals surface area contributed by atoms with E-state index < -0.39 is 11.7 Å². The summed E-state index contributed by atoms with van der Waals surface area (Å²) in [5, 5.41) is 3.94. The van der Waals surface area contributed by atoms with Gasteiger partial charge in [-0.05, 0) is 18.2 Å².